The van der Waals surface area contributed by atoms with Gasteiger partial charge in [0.15, 0.2) is 5.16 Å². The predicted molar refractivity (Wildman–Crippen MR) is 66.9 cm³/mol. The fourth-order valence-electron chi connectivity index (χ4n) is 1.22. The molecule has 0 aliphatic rings. The van der Waals surface area contributed by atoms with E-state index in [0.717, 1.165) is 29.8 Å². The summed E-state index contributed by atoms with van der Waals surface area (Å²) in [6.07, 6.45) is 0.985. The van der Waals surface area contributed by atoms with Crippen LogP contribution in [0.3, 0.4) is 0 Å². The Bertz CT molecular complexity index is 319. The molecular weight excluding hydrogens is 240 g/mol. The number of ether oxygens (including phenoxy) is 2. The van der Waals surface area contributed by atoms with Gasteiger partial charge >= 0.3 is 0 Å². The lowest BCUT2D eigenvalue weighted by molar-refractivity contribution is 0.0713. The largest absolute Gasteiger partial charge is 0.382 e. The number of nitrogens with two attached hydrogens (primary N) is 1. The van der Waals surface area contributed by atoms with Crippen LogP contribution in [0.2, 0.25) is 0 Å². The number of aromatic nitrogens is 3. The van der Waals surface area contributed by atoms with Crippen molar-refractivity contribution in [1.29, 1.82) is 0 Å². The summed E-state index contributed by atoms with van der Waals surface area (Å²) < 4.78 is 12.2. The monoisotopic (exact) mass is 260 g/mol. The zero-order valence-corrected chi connectivity index (χ0v) is 11.2. The lowest BCUT2D eigenvalue weighted by Gasteiger charge is -2.04. The second kappa shape index (κ2) is 8.46. The highest BCUT2D eigenvalue weighted by molar-refractivity contribution is 7.99. The highest BCUT2D eigenvalue weighted by Crippen LogP contribution is 2.16. The maximum atomic E-state index is 5.52. The lowest BCUT2D eigenvalue weighted by Crippen LogP contribution is -2.06. The topological polar surface area (TPSA) is 75.2 Å². The molecule has 0 aromatic carbocycles. The zero-order valence-electron chi connectivity index (χ0n) is 10.4. The first-order valence-electron chi connectivity index (χ1n) is 5.57. The van der Waals surface area contributed by atoms with E-state index >= 15 is 0 Å². The van der Waals surface area contributed by atoms with E-state index in [4.69, 9.17) is 15.2 Å². The van der Waals surface area contributed by atoms with Crippen LogP contribution in [0.4, 0.5) is 0 Å². The van der Waals surface area contributed by atoms with Gasteiger partial charge in [-0.2, -0.15) is 0 Å². The van der Waals surface area contributed by atoms with Gasteiger partial charge in [-0.15, -0.1) is 10.2 Å². The molecule has 1 aromatic heterocycles. The van der Waals surface area contributed by atoms with Gasteiger partial charge in [-0.3, -0.25) is 0 Å². The molecule has 0 bridgehead atoms. The average molecular weight is 260 g/mol. The molecule has 0 aliphatic carbocycles. The molecule has 0 atom stereocenters. The van der Waals surface area contributed by atoms with Gasteiger partial charge in [0.05, 0.1) is 19.8 Å². The molecule has 0 unspecified atom stereocenters. The van der Waals surface area contributed by atoms with Crippen molar-refractivity contribution >= 4 is 11.8 Å². The van der Waals surface area contributed by atoms with E-state index in [-0.39, 0.29) is 0 Å². The average Bonchev–Trinajstić information content (AvgIpc) is 2.69. The maximum Gasteiger partial charge on any atom is 0.190 e. The van der Waals surface area contributed by atoms with E-state index in [1.165, 1.54) is 0 Å². The van der Waals surface area contributed by atoms with Crippen molar-refractivity contribution in [1.82, 2.24) is 14.8 Å². The molecule has 1 rings (SSSR count). The highest BCUT2D eigenvalue weighted by Gasteiger charge is 2.06. The van der Waals surface area contributed by atoms with E-state index in [0.29, 0.717) is 19.8 Å². The van der Waals surface area contributed by atoms with Gasteiger partial charge in [0.1, 0.15) is 5.82 Å². The summed E-state index contributed by atoms with van der Waals surface area (Å²) in [5, 5.41) is 8.97. The Hall–Kier alpha value is -0.630. The molecule has 0 amide bonds. The molecule has 6 nitrogen and oxygen atoms in total. The first kappa shape index (κ1) is 14.4. The minimum Gasteiger partial charge on any atom is -0.382 e. The minimum absolute atomic E-state index is 0.421. The molecule has 0 spiro atoms. The van der Waals surface area contributed by atoms with Crippen molar-refractivity contribution in [3.05, 3.63) is 5.82 Å². The van der Waals surface area contributed by atoms with Gasteiger partial charge in [0.2, 0.25) is 0 Å². The minimum atomic E-state index is 0.421. The van der Waals surface area contributed by atoms with Crippen molar-refractivity contribution in [3.63, 3.8) is 0 Å². The molecule has 17 heavy (non-hydrogen) atoms. The van der Waals surface area contributed by atoms with Crippen LogP contribution in [-0.2, 0) is 23.1 Å². The summed E-state index contributed by atoms with van der Waals surface area (Å²) in [4.78, 5) is 0. The van der Waals surface area contributed by atoms with Crippen molar-refractivity contribution in [3.8, 4) is 0 Å². The van der Waals surface area contributed by atoms with E-state index in [1.807, 2.05) is 11.6 Å². The van der Waals surface area contributed by atoms with Crippen LogP contribution in [0.15, 0.2) is 5.16 Å². The van der Waals surface area contributed by atoms with Crippen molar-refractivity contribution in [2.75, 3.05) is 32.7 Å². The Morgan fingerprint density at radius 1 is 1.29 bits per heavy atom. The molecule has 0 saturated carbocycles. The number of hydrogen-bond donors (Lipinski definition) is 1. The quantitative estimate of drug-likeness (QED) is 0.512. The van der Waals surface area contributed by atoms with Gasteiger partial charge in [-0.05, 0) is 6.42 Å². The molecule has 0 radical (unpaired) electrons. The summed E-state index contributed by atoms with van der Waals surface area (Å²) in [7, 11) is 3.60. The lowest BCUT2D eigenvalue weighted by atomic mass is 10.5. The molecule has 0 aliphatic heterocycles. The summed E-state index contributed by atoms with van der Waals surface area (Å²) in [5.74, 6) is 1.77. The Morgan fingerprint density at radius 2 is 2.12 bits per heavy atom. The van der Waals surface area contributed by atoms with Crippen LogP contribution >= 0.6 is 11.8 Å². The third-order valence-corrected chi connectivity index (χ3v) is 3.31. The molecule has 98 valence electrons. The molecule has 0 saturated heterocycles. The van der Waals surface area contributed by atoms with Gasteiger partial charge in [-0.25, -0.2) is 0 Å². The molecule has 1 heterocycles. The Morgan fingerprint density at radius 3 is 2.76 bits per heavy atom. The zero-order chi connectivity index (χ0) is 12.5. The summed E-state index contributed by atoms with van der Waals surface area (Å²) in [6.45, 7) is 2.47. The molecule has 0 fully saturated rings. The summed E-state index contributed by atoms with van der Waals surface area (Å²) in [5.41, 5.74) is 5.52. The number of nitrogens with zero attached hydrogens (tertiary/aromatic N) is 3. The summed E-state index contributed by atoms with van der Waals surface area (Å²) in [6, 6.07) is 0. The van der Waals surface area contributed by atoms with Gasteiger partial charge < -0.3 is 19.8 Å². The van der Waals surface area contributed by atoms with Crippen LogP contribution in [-0.4, -0.2) is 47.4 Å². The second-order valence-electron chi connectivity index (χ2n) is 3.47. The third kappa shape index (κ3) is 5.03. The van der Waals surface area contributed by atoms with E-state index < -0.39 is 0 Å². The van der Waals surface area contributed by atoms with Crippen molar-refractivity contribution in [2.45, 2.75) is 18.1 Å². The number of thioether (sulfide) groups is 1. The smallest absolute Gasteiger partial charge is 0.190 e. The van der Waals surface area contributed by atoms with Crippen LogP contribution in [0, 0.1) is 0 Å². The van der Waals surface area contributed by atoms with Gasteiger partial charge in [0.25, 0.3) is 0 Å². The van der Waals surface area contributed by atoms with Crippen molar-refractivity contribution < 1.29 is 9.47 Å². The fraction of sp³-hybridized carbons (Fsp3) is 0.800. The van der Waals surface area contributed by atoms with Crippen LogP contribution in [0.1, 0.15) is 12.2 Å². The molecule has 7 heteroatoms. The van der Waals surface area contributed by atoms with E-state index in [2.05, 4.69) is 10.2 Å². The van der Waals surface area contributed by atoms with Crippen molar-refractivity contribution in [2.24, 2.45) is 12.8 Å². The Balaban J connectivity index is 2.11. The number of methoxy groups -OCH3 is 1. The summed E-state index contributed by atoms with van der Waals surface area (Å²) >= 11 is 1.67. The van der Waals surface area contributed by atoms with Gasteiger partial charge in [-0.1, -0.05) is 11.8 Å². The molecular formula is C10H20N4O2S. The Kier molecular flexibility index (Phi) is 7.18. The van der Waals surface area contributed by atoms with Gasteiger partial charge in [0, 0.05) is 26.5 Å². The maximum absolute atomic E-state index is 5.52. The Labute approximate surface area is 106 Å². The first-order valence-corrected chi connectivity index (χ1v) is 6.56. The number of rotatable bonds is 9. The molecule has 2 N–H and O–H groups in total. The normalized spacial score (nSPS) is 11.0. The standard InChI is InChI=1S/C10H20N4O2S/c1-14-9(8-11)12-13-10(14)17-7-3-4-16-6-5-15-2/h3-8,11H2,1-2H3. The predicted octanol–water partition coefficient (Wildman–Crippen LogP) is 0.419. The fourth-order valence-corrected chi connectivity index (χ4v) is 2.06. The van der Waals surface area contributed by atoms with Crippen LogP contribution < -0.4 is 5.73 Å². The number of hydrogen-bond acceptors (Lipinski definition) is 6. The van der Waals surface area contributed by atoms with E-state index in [9.17, 15) is 0 Å². The highest BCUT2D eigenvalue weighted by atomic mass is 32.2. The second-order valence-corrected chi connectivity index (χ2v) is 4.53. The van der Waals surface area contributed by atoms with Crippen LogP contribution in [0.25, 0.3) is 0 Å². The van der Waals surface area contributed by atoms with E-state index in [1.54, 1.807) is 18.9 Å². The first-order chi connectivity index (χ1) is 8.29. The van der Waals surface area contributed by atoms with Crippen LogP contribution in [0.5, 0.6) is 0 Å². The third-order valence-electron chi connectivity index (χ3n) is 2.20. The molecule has 1 aromatic rings. The SMILES string of the molecule is COCCOCCCSc1nnc(CN)n1C.